The summed E-state index contributed by atoms with van der Waals surface area (Å²) >= 11 is 0. The lowest BCUT2D eigenvalue weighted by Gasteiger charge is -2.24. The van der Waals surface area contributed by atoms with Crippen LogP contribution in [0.15, 0.2) is 115 Å². The first kappa shape index (κ1) is 21.0. The van der Waals surface area contributed by atoms with Crippen LogP contribution in [0.4, 0.5) is 0 Å². The minimum atomic E-state index is 0.467. The first-order chi connectivity index (χ1) is 17.9. The van der Waals surface area contributed by atoms with Gasteiger partial charge < -0.3 is 9.47 Å². The maximum absolute atomic E-state index is 6.42. The minimum Gasteiger partial charge on any atom is -0.485 e. The lowest BCUT2D eigenvalue weighted by molar-refractivity contribution is 0.274. The largest absolute Gasteiger partial charge is 0.485 e. The van der Waals surface area contributed by atoms with Gasteiger partial charge in [0.1, 0.15) is 13.2 Å². The zero-order valence-electron chi connectivity index (χ0n) is 20.0. The zero-order valence-corrected chi connectivity index (χ0v) is 20.0. The van der Waals surface area contributed by atoms with E-state index in [2.05, 4.69) is 84.9 Å². The highest BCUT2D eigenvalue weighted by Crippen LogP contribution is 2.45. The average Bonchev–Trinajstić information content (AvgIpc) is 2.94. The SMILES string of the molecule is C1=CC2=C(CC1)c1c3ccccc3c(c3ccccc13)-c1ccccc1COc1ccccc1OC2. The van der Waals surface area contributed by atoms with Gasteiger partial charge in [0.25, 0.3) is 0 Å². The van der Waals surface area contributed by atoms with Crippen molar-refractivity contribution in [3.63, 3.8) is 0 Å². The predicted molar refractivity (Wildman–Crippen MR) is 148 cm³/mol. The van der Waals surface area contributed by atoms with E-state index in [1.54, 1.807) is 0 Å². The molecule has 2 heterocycles. The van der Waals surface area contributed by atoms with Gasteiger partial charge in [0.05, 0.1) is 0 Å². The van der Waals surface area contributed by atoms with E-state index in [0.717, 1.165) is 29.9 Å². The van der Waals surface area contributed by atoms with E-state index < -0.39 is 0 Å². The third kappa shape index (κ3) is 3.41. The normalized spacial score (nSPS) is 15.0. The molecule has 0 amide bonds. The first-order valence-corrected chi connectivity index (χ1v) is 12.6. The summed E-state index contributed by atoms with van der Waals surface area (Å²) in [5, 5.41) is 5.14. The maximum atomic E-state index is 6.42. The standard InChI is InChI=1S/C34H26O2/c1-3-13-25-23(11-1)21-35-31-19-9-10-20-32(31)36-22-24-12-2-4-14-26(24)34-29-17-7-5-15-27(29)33(25)28-16-6-8-18-30(28)34/h1-3,5-13,15-20H,4,14,21-22H2. The van der Waals surface area contributed by atoms with Crippen LogP contribution in [-0.4, -0.2) is 6.61 Å². The second kappa shape index (κ2) is 8.73. The molecule has 2 aliphatic heterocycles. The highest BCUT2D eigenvalue weighted by molar-refractivity contribution is 6.19. The molecule has 3 aliphatic rings. The third-order valence-corrected chi connectivity index (χ3v) is 7.40. The molecule has 2 bridgehead atoms. The molecule has 0 saturated heterocycles. The number of allylic oxidation sites excluding steroid dienone is 2. The van der Waals surface area contributed by atoms with Gasteiger partial charge in [0, 0.05) is 0 Å². The van der Waals surface area contributed by atoms with Crippen LogP contribution in [0.5, 0.6) is 11.5 Å². The summed E-state index contributed by atoms with van der Waals surface area (Å²) in [6.45, 7) is 0.974. The van der Waals surface area contributed by atoms with Crippen molar-refractivity contribution in [2.24, 2.45) is 0 Å². The summed E-state index contributed by atoms with van der Waals surface area (Å²) in [6, 6.07) is 34.4. The Balaban J connectivity index is 1.63. The van der Waals surface area contributed by atoms with Crippen molar-refractivity contribution >= 4 is 27.1 Å². The van der Waals surface area contributed by atoms with Gasteiger partial charge >= 0.3 is 0 Å². The van der Waals surface area contributed by atoms with E-state index in [0.29, 0.717) is 13.2 Å². The molecule has 5 aromatic rings. The van der Waals surface area contributed by atoms with Gasteiger partial charge in [-0.2, -0.15) is 0 Å². The first-order valence-electron chi connectivity index (χ1n) is 12.6. The van der Waals surface area contributed by atoms with Gasteiger partial charge in [-0.3, -0.25) is 0 Å². The fourth-order valence-electron chi connectivity index (χ4n) is 5.77. The van der Waals surface area contributed by atoms with E-state index in [1.165, 1.54) is 49.4 Å². The Kier molecular flexibility index (Phi) is 5.10. The van der Waals surface area contributed by atoms with Crippen LogP contribution in [0.3, 0.4) is 0 Å². The molecule has 8 rings (SSSR count). The molecule has 0 unspecified atom stereocenters. The van der Waals surface area contributed by atoms with Crippen molar-refractivity contribution in [2.75, 3.05) is 6.61 Å². The Hall–Kier alpha value is -4.30. The molecule has 0 atom stereocenters. The molecule has 1 aliphatic carbocycles. The smallest absolute Gasteiger partial charge is 0.161 e. The molecular formula is C34H26O2. The summed E-state index contributed by atoms with van der Waals surface area (Å²) in [7, 11) is 0. The monoisotopic (exact) mass is 466 g/mol. The van der Waals surface area contributed by atoms with Gasteiger partial charge in [0.15, 0.2) is 11.5 Å². The second-order valence-electron chi connectivity index (χ2n) is 9.47. The van der Waals surface area contributed by atoms with Crippen molar-refractivity contribution < 1.29 is 9.47 Å². The van der Waals surface area contributed by atoms with E-state index in [4.69, 9.17) is 9.47 Å². The van der Waals surface area contributed by atoms with Gasteiger partial charge in [-0.25, -0.2) is 0 Å². The number of benzene rings is 5. The minimum absolute atomic E-state index is 0.467. The molecule has 2 heteroatoms. The van der Waals surface area contributed by atoms with Crippen molar-refractivity contribution in [1.82, 2.24) is 0 Å². The molecule has 2 nitrogen and oxygen atoms in total. The number of hydrogen-bond acceptors (Lipinski definition) is 2. The molecule has 174 valence electrons. The van der Waals surface area contributed by atoms with E-state index in [-0.39, 0.29) is 0 Å². The predicted octanol–water partition coefficient (Wildman–Crippen LogP) is 8.74. The van der Waals surface area contributed by atoms with Crippen molar-refractivity contribution in [1.29, 1.82) is 0 Å². The van der Waals surface area contributed by atoms with Crippen LogP contribution in [0.25, 0.3) is 38.2 Å². The molecule has 36 heavy (non-hydrogen) atoms. The van der Waals surface area contributed by atoms with Crippen molar-refractivity contribution in [3.05, 3.63) is 126 Å². The van der Waals surface area contributed by atoms with Gasteiger partial charge in [0.2, 0.25) is 0 Å². The number of ether oxygens (including phenoxy) is 2. The molecule has 0 spiro atoms. The van der Waals surface area contributed by atoms with Crippen LogP contribution in [0, 0.1) is 0 Å². The maximum Gasteiger partial charge on any atom is 0.161 e. The van der Waals surface area contributed by atoms with Gasteiger partial charge in [-0.1, -0.05) is 97.1 Å². The summed E-state index contributed by atoms with van der Waals surface area (Å²) in [5.74, 6) is 1.55. The highest BCUT2D eigenvalue weighted by atomic mass is 16.5. The Labute approximate surface area is 211 Å². The summed E-state index contributed by atoms with van der Waals surface area (Å²) in [4.78, 5) is 0. The average molecular weight is 467 g/mol. The molecule has 0 saturated carbocycles. The van der Waals surface area contributed by atoms with Crippen molar-refractivity contribution in [2.45, 2.75) is 19.4 Å². The number of rotatable bonds is 0. The van der Waals surface area contributed by atoms with Gasteiger partial charge in [-0.15, -0.1) is 0 Å². The number of para-hydroxylation sites is 2. The third-order valence-electron chi connectivity index (χ3n) is 7.40. The fourth-order valence-corrected chi connectivity index (χ4v) is 5.77. The van der Waals surface area contributed by atoms with Crippen molar-refractivity contribution in [3.8, 4) is 22.6 Å². The Morgan fingerprint density at radius 2 is 1.08 bits per heavy atom. The molecule has 0 N–H and O–H groups in total. The molecule has 0 radical (unpaired) electrons. The Bertz CT molecular complexity index is 1630. The van der Waals surface area contributed by atoms with Crippen LogP contribution in [0.2, 0.25) is 0 Å². The Morgan fingerprint density at radius 1 is 0.528 bits per heavy atom. The summed E-state index contributed by atoms with van der Waals surface area (Å²) in [6.07, 6.45) is 6.55. The van der Waals surface area contributed by atoms with E-state index >= 15 is 0 Å². The fraction of sp³-hybridized carbons (Fsp3) is 0.118. The number of hydrogen-bond donors (Lipinski definition) is 0. The van der Waals surface area contributed by atoms with Crippen LogP contribution in [0.1, 0.15) is 24.0 Å². The Morgan fingerprint density at radius 3 is 1.78 bits per heavy atom. The van der Waals surface area contributed by atoms with E-state index in [9.17, 15) is 0 Å². The van der Waals surface area contributed by atoms with Crippen LogP contribution >= 0.6 is 0 Å². The topological polar surface area (TPSA) is 18.5 Å². The highest BCUT2D eigenvalue weighted by Gasteiger charge is 2.22. The molecule has 5 aromatic carbocycles. The summed E-state index contributed by atoms with van der Waals surface area (Å²) < 4.78 is 12.8. The quantitative estimate of drug-likeness (QED) is 0.212. The van der Waals surface area contributed by atoms with Gasteiger partial charge in [-0.05, 0) is 79.9 Å². The molecule has 0 aromatic heterocycles. The second-order valence-corrected chi connectivity index (χ2v) is 9.47. The number of fused-ring (bicyclic) bond motifs is 2. The lowest BCUT2D eigenvalue weighted by atomic mass is 9.81. The van der Waals surface area contributed by atoms with E-state index in [1.807, 2.05) is 24.3 Å². The zero-order chi connectivity index (χ0) is 23.9. The van der Waals surface area contributed by atoms with Crippen LogP contribution < -0.4 is 9.47 Å². The van der Waals surface area contributed by atoms with Crippen LogP contribution in [-0.2, 0) is 6.61 Å². The molecule has 0 fully saturated rings. The summed E-state index contributed by atoms with van der Waals surface area (Å²) in [5.41, 5.74) is 7.60. The molecular weight excluding hydrogens is 440 g/mol. The lowest BCUT2D eigenvalue weighted by Crippen LogP contribution is -2.08.